The van der Waals surface area contributed by atoms with Gasteiger partial charge in [0.2, 0.25) is 11.8 Å². The van der Waals surface area contributed by atoms with Crippen molar-refractivity contribution < 1.29 is 22.4 Å². The number of carbonyl (C=O) groups excluding carboxylic acids is 2. The summed E-state index contributed by atoms with van der Waals surface area (Å²) in [5.74, 6) is -1.70. The van der Waals surface area contributed by atoms with Crippen molar-refractivity contribution in [3.05, 3.63) is 131 Å². The maximum atomic E-state index is 14.9. The highest BCUT2D eigenvalue weighted by atomic mass is 35.5. The lowest BCUT2D eigenvalue weighted by molar-refractivity contribution is -0.140. The third-order valence-corrected chi connectivity index (χ3v) is 9.02. The van der Waals surface area contributed by atoms with Crippen molar-refractivity contribution in [3.63, 3.8) is 0 Å². The fourth-order valence-electron chi connectivity index (χ4n) is 4.66. The summed E-state index contributed by atoms with van der Waals surface area (Å²) in [7, 11) is -4.29. The van der Waals surface area contributed by atoms with Gasteiger partial charge in [-0.2, -0.15) is 0 Å². The van der Waals surface area contributed by atoms with Crippen molar-refractivity contribution in [1.29, 1.82) is 0 Å². The Labute approximate surface area is 257 Å². The van der Waals surface area contributed by atoms with Gasteiger partial charge in [-0.15, -0.1) is 0 Å². The van der Waals surface area contributed by atoms with Gasteiger partial charge in [0.05, 0.1) is 15.6 Å². The van der Waals surface area contributed by atoms with E-state index in [9.17, 15) is 22.4 Å². The van der Waals surface area contributed by atoms with Gasteiger partial charge in [0.25, 0.3) is 10.0 Å². The number of hydrogen-bond acceptors (Lipinski definition) is 4. The molecular formula is C33H33ClFN3O4S. The highest BCUT2D eigenvalue weighted by Gasteiger charge is 2.35. The number of sulfonamides is 1. The van der Waals surface area contributed by atoms with E-state index in [-0.39, 0.29) is 34.1 Å². The zero-order chi connectivity index (χ0) is 31.0. The third kappa shape index (κ3) is 7.80. The molecule has 0 heterocycles. The van der Waals surface area contributed by atoms with Crippen LogP contribution in [0.1, 0.15) is 23.6 Å². The maximum absolute atomic E-state index is 14.9. The van der Waals surface area contributed by atoms with Crippen LogP contribution >= 0.6 is 11.6 Å². The first-order chi connectivity index (χ1) is 20.6. The Balaban J connectivity index is 1.81. The first-order valence-electron chi connectivity index (χ1n) is 13.8. The summed E-state index contributed by atoms with van der Waals surface area (Å²) >= 11 is 6.47. The van der Waals surface area contributed by atoms with Gasteiger partial charge in [-0.3, -0.25) is 13.9 Å². The molecule has 0 aliphatic rings. The zero-order valence-corrected chi connectivity index (χ0v) is 25.5. The molecule has 10 heteroatoms. The molecule has 0 aliphatic heterocycles. The van der Waals surface area contributed by atoms with E-state index in [1.807, 2.05) is 37.3 Å². The summed E-state index contributed by atoms with van der Waals surface area (Å²) in [4.78, 5) is 29.0. The van der Waals surface area contributed by atoms with Crippen molar-refractivity contribution in [2.24, 2.45) is 0 Å². The van der Waals surface area contributed by atoms with E-state index in [0.29, 0.717) is 6.54 Å². The molecule has 0 aliphatic carbocycles. The van der Waals surface area contributed by atoms with Gasteiger partial charge in [0, 0.05) is 25.1 Å². The van der Waals surface area contributed by atoms with Crippen LogP contribution < -0.4 is 9.62 Å². The number of anilines is 1. The molecule has 4 aromatic rings. The smallest absolute Gasteiger partial charge is 0.264 e. The molecule has 43 heavy (non-hydrogen) atoms. The number of aryl methyl sites for hydroxylation is 1. The van der Waals surface area contributed by atoms with Gasteiger partial charge in [-0.25, -0.2) is 12.8 Å². The number of halogens is 2. The Bertz CT molecular complexity index is 1670. The number of benzene rings is 4. The Morgan fingerprint density at radius 1 is 0.884 bits per heavy atom. The molecule has 1 N–H and O–H groups in total. The van der Waals surface area contributed by atoms with Gasteiger partial charge >= 0.3 is 0 Å². The zero-order valence-electron chi connectivity index (χ0n) is 23.9. The number of amides is 2. The van der Waals surface area contributed by atoms with Gasteiger partial charge in [0.15, 0.2) is 0 Å². The third-order valence-electron chi connectivity index (χ3n) is 6.93. The topological polar surface area (TPSA) is 86.8 Å². The molecule has 0 saturated heterocycles. The lowest BCUT2D eigenvalue weighted by atomic mass is 10.0. The largest absolute Gasteiger partial charge is 0.355 e. The van der Waals surface area contributed by atoms with Crippen molar-refractivity contribution in [3.8, 4) is 0 Å². The number of hydrogen-bond donors (Lipinski definition) is 1. The SMILES string of the molecule is CCNC(=O)C(Cc1ccccc1)N(Cc1ccccc1F)C(=O)CN(c1ccccc1Cl)S(=O)(=O)c1ccc(C)cc1. The van der Waals surface area contributed by atoms with Crippen molar-refractivity contribution in [2.45, 2.75) is 37.8 Å². The Kier molecular flexibility index (Phi) is 10.6. The summed E-state index contributed by atoms with van der Waals surface area (Å²) in [5.41, 5.74) is 1.92. The average Bonchev–Trinajstić information content (AvgIpc) is 2.99. The molecule has 7 nitrogen and oxygen atoms in total. The molecule has 0 spiro atoms. The van der Waals surface area contributed by atoms with Gasteiger partial charge in [-0.1, -0.05) is 90.0 Å². The fraction of sp³-hybridized carbons (Fsp3) is 0.212. The molecule has 0 fully saturated rings. The second-order valence-electron chi connectivity index (χ2n) is 9.99. The van der Waals surface area contributed by atoms with Crippen LogP contribution in [-0.2, 0) is 32.6 Å². The van der Waals surface area contributed by atoms with Crippen LogP contribution in [0.25, 0.3) is 0 Å². The molecule has 4 rings (SSSR count). The van der Waals surface area contributed by atoms with E-state index in [4.69, 9.17) is 11.6 Å². The summed E-state index contributed by atoms with van der Waals surface area (Å²) in [6, 6.07) is 26.6. The molecule has 0 saturated carbocycles. The highest BCUT2D eigenvalue weighted by molar-refractivity contribution is 7.92. The van der Waals surface area contributed by atoms with Crippen LogP contribution in [-0.4, -0.2) is 44.3 Å². The molecular weight excluding hydrogens is 589 g/mol. The molecule has 0 aromatic heterocycles. The number of para-hydroxylation sites is 1. The minimum atomic E-state index is -4.29. The van der Waals surface area contributed by atoms with E-state index in [0.717, 1.165) is 15.4 Å². The number of carbonyl (C=O) groups is 2. The van der Waals surface area contributed by atoms with Crippen molar-refractivity contribution in [2.75, 3.05) is 17.4 Å². The highest BCUT2D eigenvalue weighted by Crippen LogP contribution is 2.31. The van der Waals surface area contributed by atoms with Crippen LogP contribution in [0.2, 0.25) is 5.02 Å². The van der Waals surface area contributed by atoms with Crippen molar-refractivity contribution in [1.82, 2.24) is 10.2 Å². The normalized spacial score (nSPS) is 11.9. The van der Waals surface area contributed by atoms with E-state index < -0.39 is 40.2 Å². The molecule has 224 valence electrons. The molecule has 2 amide bonds. The standard InChI is InChI=1S/C33H33ClFN3O4S/c1-3-36-33(40)31(21-25-11-5-4-6-12-25)37(22-26-13-7-9-15-29(26)35)32(39)23-38(30-16-10-8-14-28(30)34)43(41,42)27-19-17-24(2)18-20-27/h4-20,31H,3,21-23H2,1-2H3,(H,36,40). The number of rotatable bonds is 12. The average molecular weight is 622 g/mol. The van der Waals surface area contributed by atoms with Gasteiger partial charge < -0.3 is 10.2 Å². The van der Waals surface area contributed by atoms with E-state index in [1.54, 1.807) is 37.3 Å². The first kappa shape index (κ1) is 31.7. The van der Waals surface area contributed by atoms with Gasteiger partial charge in [-0.05, 0) is 49.7 Å². The van der Waals surface area contributed by atoms with Gasteiger partial charge in [0.1, 0.15) is 18.4 Å². The predicted molar refractivity (Wildman–Crippen MR) is 167 cm³/mol. The minimum absolute atomic E-state index is 0.0314. The fourth-order valence-corrected chi connectivity index (χ4v) is 6.38. The number of likely N-dealkylation sites (N-methyl/N-ethyl adjacent to an activating group) is 1. The van der Waals surface area contributed by atoms with Crippen LogP contribution in [0.3, 0.4) is 0 Å². The Hall–Kier alpha value is -4.21. The van der Waals surface area contributed by atoms with E-state index in [2.05, 4.69) is 5.32 Å². The summed E-state index contributed by atoms with van der Waals surface area (Å²) in [6.07, 6.45) is 0.129. The lowest BCUT2D eigenvalue weighted by Crippen LogP contribution is -2.53. The lowest BCUT2D eigenvalue weighted by Gasteiger charge is -2.34. The summed E-state index contributed by atoms with van der Waals surface area (Å²) in [5, 5.41) is 2.90. The molecule has 0 radical (unpaired) electrons. The molecule has 0 bridgehead atoms. The van der Waals surface area contributed by atoms with Crippen LogP contribution in [0.4, 0.5) is 10.1 Å². The van der Waals surface area contributed by atoms with Crippen LogP contribution in [0.5, 0.6) is 0 Å². The predicted octanol–water partition coefficient (Wildman–Crippen LogP) is 5.76. The van der Waals surface area contributed by atoms with Crippen LogP contribution in [0.15, 0.2) is 108 Å². The van der Waals surface area contributed by atoms with E-state index in [1.165, 1.54) is 47.4 Å². The molecule has 1 atom stereocenters. The first-order valence-corrected chi connectivity index (χ1v) is 15.6. The Morgan fingerprint density at radius 2 is 1.51 bits per heavy atom. The molecule has 1 unspecified atom stereocenters. The summed E-state index contributed by atoms with van der Waals surface area (Å²) in [6.45, 7) is 2.95. The summed E-state index contributed by atoms with van der Waals surface area (Å²) < 4.78 is 43.9. The van der Waals surface area contributed by atoms with E-state index >= 15 is 0 Å². The maximum Gasteiger partial charge on any atom is 0.264 e. The van der Waals surface area contributed by atoms with Crippen molar-refractivity contribution >= 4 is 39.1 Å². The second kappa shape index (κ2) is 14.3. The van der Waals surface area contributed by atoms with Crippen LogP contribution in [0, 0.1) is 12.7 Å². The number of nitrogens with zero attached hydrogens (tertiary/aromatic N) is 2. The quantitative estimate of drug-likeness (QED) is 0.218. The molecule has 4 aromatic carbocycles. The monoisotopic (exact) mass is 621 g/mol. The second-order valence-corrected chi connectivity index (χ2v) is 12.3. The Morgan fingerprint density at radius 3 is 2.16 bits per heavy atom. The minimum Gasteiger partial charge on any atom is -0.355 e. The number of nitrogens with one attached hydrogen (secondary N) is 1.